The lowest BCUT2D eigenvalue weighted by molar-refractivity contribution is -0.112. The van der Waals surface area contributed by atoms with E-state index in [2.05, 4.69) is 32.2 Å². The molecule has 0 spiro atoms. The molecule has 1 aliphatic rings. The first-order valence-electron chi connectivity index (χ1n) is 8.61. The Labute approximate surface area is 136 Å². The number of rotatable bonds is 7. The van der Waals surface area contributed by atoms with Gasteiger partial charge in [-0.3, -0.25) is 0 Å². The second-order valence-corrected chi connectivity index (χ2v) is 11.8. The molecule has 0 heterocycles. The van der Waals surface area contributed by atoms with Gasteiger partial charge in [-0.25, -0.2) is 0 Å². The maximum absolute atomic E-state index is 12.7. The molecule has 2 nitrogen and oxygen atoms in total. The Morgan fingerprint density at radius 1 is 1.23 bits per heavy atom. The van der Waals surface area contributed by atoms with Gasteiger partial charge >= 0.3 is 0 Å². The Hall–Kier alpha value is -1.09. The van der Waals surface area contributed by atoms with E-state index in [1.165, 1.54) is 30.9 Å². The lowest BCUT2D eigenvalue weighted by atomic mass is 9.99. The molecule has 1 fully saturated rings. The monoisotopic (exact) mass is 318 g/mol. The predicted octanol–water partition coefficient (Wildman–Crippen LogP) is 4.33. The number of hydrogen-bond acceptors (Lipinski definition) is 2. The summed E-state index contributed by atoms with van der Waals surface area (Å²) in [5, 5.41) is 1.71. The van der Waals surface area contributed by atoms with E-state index in [1.807, 2.05) is 12.1 Å². The van der Waals surface area contributed by atoms with Gasteiger partial charge in [0.05, 0.1) is 7.11 Å². The van der Waals surface area contributed by atoms with Gasteiger partial charge in [-0.05, 0) is 36.8 Å². The number of carbonyl (C=O) groups excluding carboxylic acids is 1. The van der Waals surface area contributed by atoms with Crippen molar-refractivity contribution in [3.8, 4) is 5.75 Å². The van der Waals surface area contributed by atoms with Gasteiger partial charge in [-0.2, -0.15) is 0 Å². The Bertz CT molecular complexity index is 493. The van der Waals surface area contributed by atoms with Crippen molar-refractivity contribution in [2.75, 3.05) is 7.11 Å². The molecule has 1 aromatic carbocycles. The molecule has 122 valence electrons. The highest BCUT2D eigenvalue weighted by Gasteiger charge is 2.32. The van der Waals surface area contributed by atoms with Crippen LogP contribution < -0.4 is 9.92 Å². The summed E-state index contributed by atoms with van der Waals surface area (Å²) >= 11 is 0. The zero-order valence-corrected chi connectivity index (χ0v) is 15.5. The molecule has 3 heteroatoms. The Morgan fingerprint density at radius 2 is 1.91 bits per heavy atom. The molecular weight excluding hydrogens is 288 g/mol. The molecule has 1 aliphatic carbocycles. The molecule has 0 aliphatic heterocycles. The van der Waals surface area contributed by atoms with E-state index >= 15 is 0 Å². The van der Waals surface area contributed by atoms with Crippen molar-refractivity contribution >= 4 is 18.7 Å². The first kappa shape index (κ1) is 17.3. The van der Waals surface area contributed by atoms with Gasteiger partial charge in [-0.15, -0.1) is 0 Å². The van der Waals surface area contributed by atoms with E-state index in [9.17, 15) is 4.79 Å². The molecule has 2 rings (SSSR count). The van der Waals surface area contributed by atoms with Crippen molar-refractivity contribution < 1.29 is 9.53 Å². The maximum Gasteiger partial charge on any atom is 0.157 e. The smallest absolute Gasteiger partial charge is 0.157 e. The minimum absolute atomic E-state index is 0.490. The van der Waals surface area contributed by atoms with E-state index < -0.39 is 8.07 Å². The van der Waals surface area contributed by atoms with Crippen molar-refractivity contribution in [2.24, 2.45) is 11.8 Å². The summed E-state index contributed by atoms with van der Waals surface area (Å²) in [5.41, 5.74) is 0. The van der Waals surface area contributed by atoms with E-state index in [0.717, 1.165) is 30.4 Å². The summed E-state index contributed by atoms with van der Waals surface area (Å²) < 4.78 is 5.20. The summed E-state index contributed by atoms with van der Waals surface area (Å²) in [6, 6.07) is 8.08. The summed E-state index contributed by atoms with van der Waals surface area (Å²) in [6.45, 7) is 6.70. The topological polar surface area (TPSA) is 26.3 Å². The van der Waals surface area contributed by atoms with Crippen LogP contribution >= 0.6 is 0 Å². The normalized spacial score (nSPS) is 21.8. The third kappa shape index (κ3) is 4.22. The van der Waals surface area contributed by atoms with E-state index in [0.29, 0.717) is 5.41 Å². The van der Waals surface area contributed by atoms with Gasteiger partial charge in [0.15, 0.2) is 8.07 Å². The number of carbonyl (C=O) groups is 1. The summed E-state index contributed by atoms with van der Waals surface area (Å²) in [5.74, 6) is 2.62. The SMILES string of the molecule is COc1ccc([Si](C)(C)C(=O)CCC[C@H]2CC[C@H](C)C2)cc1. The summed E-state index contributed by atoms with van der Waals surface area (Å²) in [4.78, 5) is 12.7. The molecule has 0 bridgehead atoms. The average molecular weight is 319 g/mol. The van der Waals surface area contributed by atoms with Crippen LogP contribution in [0.3, 0.4) is 0 Å². The summed E-state index contributed by atoms with van der Waals surface area (Å²) in [7, 11) is -0.330. The predicted molar refractivity (Wildman–Crippen MR) is 95.5 cm³/mol. The van der Waals surface area contributed by atoms with Crippen LogP contribution in [0.4, 0.5) is 0 Å². The first-order chi connectivity index (χ1) is 10.4. The first-order valence-corrected chi connectivity index (χ1v) is 11.6. The zero-order chi connectivity index (χ0) is 16.2. The molecule has 0 unspecified atom stereocenters. The largest absolute Gasteiger partial charge is 0.497 e. The van der Waals surface area contributed by atoms with Crippen LogP contribution in [0.2, 0.25) is 13.1 Å². The van der Waals surface area contributed by atoms with Crippen molar-refractivity contribution in [3.63, 3.8) is 0 Å². The quantitative estimate of drug-likeness (QED) is 0.700. The number of ether oxygens (including phenoxy) is 1. The Morgan fingerprint density at radius 3 is 2.45 bits per heavy atom. The fourth-order valence-corrected chi connectivity index (χ4v) is 5.74. The van der Waals surface area contributed by atoms with Crippen molar-refractivity contribution in [3.05, 3.63) is 24.3 Å². The minimum atomic E-state index is -2.00. The number of hydrogen-bond donors (Lipinski definition) is 0. The fourth-order valence-electron chi connectivity index (χ4n) is 3.62. The van der Waals surface area contributed by atoms with Crippen LogP contribution in [-0.2, 0) is 4.79 Å². The Kier molecular flexibility index (Phi) is 5.85. The van der Waals surface area contributed by atoms with Gasteiger partial charge in [0, 0.05) is 6.42 Å². The molecule has 0 saturated heterocycles. The van der Waals surface area contributed by atoms with Gasteiger partial charge in [0.25, 0.3) is 0 Å². The van der Waals surface area contributed by atoms with Crippen LogP contribution in [0.25, 0.3) is 0 Å². The third-order valence-corrected chi connectivity index (χ3v) is 8.75. The van der Waals surface area contributed by atoms with Crippen LogP contribution in [-0.4, -0.2) is 20.6 Å². The lowest BCUT2D eigenvalue weighted by Gasteiger charge is -2.22. The van der Waals surface area contributed by atoms with Crippen molar-refractivity contribution in [1.29, 1.82) is 0 Å². The molecular formula is C19H30O2Si. The third-order valence-electron chi connectivity index (χ3n) is 5.33. The molecule has 0 aromatic heterocycles. The minimum Gasteiger partial charge on any atom is -0.497 e. The average Bonchev–Trinajstić information content (AvgIpc) is 2.92. The maximum atomic E-state index is 12.7. The van der Waals surface area contributed by atoms with Crippen LogP contribution in [0.1, 0.15) is 45.4 Å². The van der Waals surface area contributed by atoms with Crippen LogP contribution in [0.15, 0.2) is 24.3 Å². The van der Waals surface area contributed by atoms with Gasteiger partial charge in [0.2, 0.25) is 0 Å². The highest BCUT2D eigenvalue weighted by atomic mass is 28.3. The molecule has 0 N–H and O–H groups in total. The van der Waals surface area contributed by atoms with Crippen molar-refractivity contribution in [1.82, 2.24) is 0 Å². The highest BCUT2D eigenvalue weighted by Crippen LogP contribution is 2.33. The fraction of sp³-hybridized carbons (Fsp3) is 0.632. The van der Waals surface area contributed by atoms with E-state index in [1.54, 1.807) is 7.11 Å². The number of methoxy groups -OCH3 is 1. The molecule has 1 saturated carbocycles. The number of benzene rings is 1. The van der Waals surface area contributed by atoms with E-state index in [4.69, 9.17) is 4.74 Å². The van der Waals surface area contributed by atoms with E-state index in [-0.39, 0.29) is 0 Å². The molecule has 22 heavy (non-hydrogen) atoms. The lowest BCUT2D eigenvalue weighted by Crippen LogP contribution is -2.49. The van der Waals surface area contributed by atoms with Crippen molar-refractivity contribution in [2.45, 2.75) is 58.5 Å². The molecule has 0 radical (unpaired) electrons. The van der Waals surface area contributed by atoms with Crippen LogP contribution in [0.5, 0.6) is 5.75 Å². The summed E-state index contributed by atoms with van der Waals surface area (Å²) in [6.07, 6.45) is 7.19. The Balaban J connectivity index is 1.86. The highest BCUT2D eigenvalue weighted by molar-refractivity contribution is 7.13. The van der Waals surface area contributed by atoms with Crippen LogP contribution in [0, 0.1) is 11.8 Å². The van der Waals surface area contributed by atoms with Gasteiger partial charge < -0.3 is 9.53 Å². The molecule has 1 aromatic rings. The van der Waals surface area contributed by atoms with Gasteiger partial charge in [-0.1, -0.05) is 56.6 Å². The second kappa shape index (κ2) is 7.45. The second-order valence-electron chi connectivity index (χ2n) is 7.45. The molecule has 2 atom stereocenters. The standard InChI is InChI=1S/C19H30O2Si/c1-15-8-9-16(14-15)6-5-7-19(20)22(3,4)18-12-10-17(21-2)11-13-18/h10-13,15-16H,5-9,14H2,1-4H3/t15-,16-/m0/s1. The zero-order valence-electron chi connectivity index (χ0n) is 14.5. The van der Waals surface area contributed by atoms with Gasteiger partial charge in [0.1, 0.15) is 11.2 Å². The molecule has 0 amide bonds.